The van der Waals surface area contributed by atoms with Gasteiger partial charge >= 0.3 is 0 Å². The van der Waals surface area contributed by atoms with Crippen molar-refractivity contribution < 1.29 is 10.0 Å². The molecule has 1 amide bonds. The Hall–Kier alpha value is -2.08. The van der Waals surface area contributed by atoms with Gasteiger partial charge in [-0.3, -0.25) is 14.4 Å². The first-order chi connectivity index (χ1) is 10.2. The lowest BCUT2D eigenvalue weighted by Gasteiger charge is -2.08. The molecule has 0 saturated carbocycles. The molecule has 114 valence electrons. The van der Waals surface area contributed by atoms with Crippen LogP contribution in [0.2, 0.25) is 0 Å². The largest absolute Gasteiger partial charge is 0.360 e. The average Bonchev–Trinajstić information content (AvgIpc) is 2.82. The predicted octanol–water partition coefficient (Wildman–Crippen LogP) is 2.29. The van der Waals surface area contributed by atoms with Crippen LogP contribution in [-0.4, -0.2) is 27.0 Å². The summed E-state index contributed by atoms with van der Waals surface area (Å²) in [5.74, 6) is 0.352. The lowest BCUT2D eigenvalue weighted by Crippen LogP contribution is -2.27. The van der Waals surface area contributed by atoms with Crippen molar-refractivity contribution in [3.05, 3.63) is 29.6 Å². The zero-order valence-corrected chi connectivity index (χ0v) is 12.5. The topological polar surface area (TPSA) is 78.7 Å². The molecule has 0 aliphatic heterocycles. The van der Waals surface area contributed by atoms with E-state index in [-0.39, 0.29) is 6.54 Å². The van der Waals surface area contributed by atoms with Crippen molar-refractivity contribution in [2.75, 3.05) is 11.9 Å². The zero-order chi connectivity index (χ0) is 15.2. The Morgan fingerprint density at radius 2 is 2.19 bits per heavy atom. The maximum absolute atomic E-state index is 11.2. The third-order valence-electron chi connectivity index (χ3n) is 3.40. The third kappa shape index (κ3) is 3.72. The van der Waals surface area contributed by atoms with E-state index in [0.29, 0.717) is 0 Å². The highest BCUT2D eigenvalue weighted by Gasteiger charge is 2.13. The summed E-state index contributed by atoms with van der Waals surface area (Å²) in [7, 11) is 0. The molecule has 0 radical (unpaired) electrons. The quantitative estimate of drug-likeness (QED) is 0.415. The Labute approximate surface area is 124 Å². The molecule has 0 fully saturated rings. The third-order valence-corrected chi connectivity index (χ3v) is 3.40. The van der Waals surface area contributed by atoms with E-state index in [9.17, 15) is 4.79 Å². The van der Waals surface area contributed by atoms with Crippen LogP contribution in [0.3, 0.4) is 0 Å². The Kier molecular flexibility index (Phi) is 5.16. The lowest BCUT2D eigenvalue weighted by molar-refractivity contribution is -0.127. The second-order valence-corrected chi connectivity index (χ2v) is 5.19. The van der Waals surface area contributed by atoms with Gasteiger partial charge in [0, 0.05) is 6.20 Å². The van der Waals surface area contributed by atoms with Crippen LogP contribution in [-0.2, 0) is 11.2 Å². The molecule has 0 spiro atoms. The van der Waals surface area contributed by atoms with E-state index in [4.69, 9.17) is 5.21 Å². The molecular weight excluding hydrogens is 268 g/mol. The molecule has 6 heteroatoms. The molecule has 0 saturated heterocycles. The number of aryl methyl sites for hydroxylation is 2. The number of pyridine rings is 1. The molecule has 3 N–H and O–H groups in total. The number of hydrogen-bond donors (Lipinski definition) is 3. The number of nitrogens with one attached hydrogen (secondary N) is 2. The van der Waals surface area contributed by atoms with Gasteiger partial charge < -0.3 is 5.32 Å². The summed E-state index contributed by atoms with van der Waals surface area (Å²) < 4.78 is 1.96. The van der Waals surface area contributed by atoms with Crippen LogP contribution in [0.5, 0.6) is 0 Å². The first-order valence-electron chi connectivity index (χ1n) is 7.30. The number of rotatable bonds is 7. The van der Waals surface area contributed by atoms with Crippen molar-refractivity contribution >= 4 is 17.4 Å². The number of anilines is 1. The first kappa shape index (κ1) is 15.3. The highest BCUT2D eigenvalue weighted by Crippen LogP contribution is 2.21. The highest BCUT2D eigenvalue weighted by atomic mass is 16.5. The molecule has 0 aliphatic carbocycles. The average molecular weight is 290 g/mol. The minimum Gasteiger partial charge on any atom is -0.360 e. The number of amides is 1. The van der Waals surface area contributed by atoms with E-state index in [2.05, 4.69) is 17.2 Å². The molecule has 2 heterocycles. The summed E-state index contributed by atoms with van der Waals surface area (Å²) in [6, 6.07) is 3.98. The minimum atomic E-state index is -0.475. The summed E-state index contributed by atoms with van der Waals surface area (Å²) in [4.78, 5) is 15.9. The zero-order valence-electron chi connectivity index (χ0n) is 12.5. The van der Waals surface area contributed by atoms with Crippen LogP contribution in [0, 0.1) is 6.92 Å². The van der Waals surface area contributed by atoms with Gasteiger partial charge in [0.2, 0.25) is 0 Å². The fourth-order valence-electron chi connectivity index (χ4n) is 2.31. The van der Waals surface area contributed by atoms with Gasteiger partial charge in [0.05, 0.1) is 12.2 Å². The van der Waals surface area contributed by atoms with Crippen molar-refractivity contribution in [1.82, 2.24) is 14.9 Å². The van der Waals surface area contributed by atoms with E-state index < -0.39 is 5.91 Å². The number of nitrogens with zero attached hydrogens (tertiary/aromatic N) is 2. The molecule has 21 heavy (non-hydrogen) atoms. The summed E-state index contributed by atoms with van der Waals surface area (Å²) in [6.45, 7) is 4.19. The van der Waals surface area contributed by atoms with Crippen molar-refractivity contribution in [2.45, 2.75) is 39.5 Å². The maximum Gasteiger partial charge on any atom is 0.262 e. The van der Waals surface area contributed by atoms with Crippen LogP contribution >= 0.6 is 0 Å². The SMILES string of the molecule is CCCCCc1nc2ccc(C)cn2c1NCC(=O)NO. The van der Waals surface area contributed by atoms with Crippen molar-refractivity contribution in [1.29, 1.82) is 0 Å². The molecule has 0 unspecified atom stereocenters. The molecule has 0 bridgehead atoms. The molecule has 0 aliphatic rings. The Morgan fingerprint density at radius 1 is 1.38 bits per heavy atom. The van der Waals surface area contributed by atoms with Crippen LogP contribution in [0.25, 0.3) is 5.65 Å². The van der Waals surface area contributed by atoms with Crippen molar-refractivity contribution in [3.63, 3.8) is 0 Å². The Balaban J connectivity index is 2.28. The number of aromatic nitrogens is 2. The van der Waals surface area contributed by atoms with Crippen molar-refractivity contribution in [2.24, 2.45) is 0 Å². The van der Waals surface area contributed by atoms with E-state index in [1.807, 2.05) is 29.7 Å². The Bertz CT molecular complexity index is 621. The Morgan fingerprint density at radius 3 is 2.90 bits per heavy atom. The summed E-state index contributed by atoms with van der Waals surface area (Å²) in [6.07, 6.45) is 6.24. The molecule has 2 aromatic heterocycles. The van der Waals surface area contributed by atoms with E-state index >= 15 is 0 Å². The fraction of sp³-hybridized carbons (Fsp3) is 0.467. The van der Waals surface area contributed by atoms with Gasteiger partial charge in [0.15, 0.2) is 0 Å². The van der Waals surface area contributed by atoms with Gasteiger partial charge in [-0.15, -0.1) is 0 Å². The standard InChI is InChI=1S/C15H22N4O2/c1-3-4-5-6-12-15(16-9-14(20)18-21)19-10-11(2)7-8-13(19)17-12/h7-8,10,16,21H,3-6,9H2,1-2H3,(H,18,20). The number of hydrogen-bond acceptors (Lipinski definition) is 4. The van der Waals surface area contributed by atoms with E-state index in [1.165, 1.54) is 0 Å². The molecule has 0 atom stereocenters. The number of carbonyl (C=O) groups is 1. The molecule has 6 nitrogen and oxygen atoms in total. The number of imidazole rings is 1. The number of hydroxylamine groups is 1. The van der Waals surface area contributed by atoms with E-state index in [1.54, 1.807) is 5.48 Å². The maximum atomic E-state index is 11.2. The normalized spacial score (nSPS) is 10.8. The smallest absolute Gasteiger partial charge is 0.262 e. The van der Waals surface area contributed by atoms with Gasteiger partial charge in [-0.2, -0.15) is 0 Å². The van der Waals surface area contributed by atoms with Gasteiger partial charge in [-0.05, 0) is 31.4 Å². The van der Waals surface area contributed by atoms with Crippen LogP contribution in [0.15, 0.2) is 18.3 Å². The second kappa shape index (κ2) is 7.08. The molecule has 0 aromatic carbocycles. The van der Waals surface area contributed by atoms with E-state index in [0.717, 1.165) is 48.4 Å². The highest BCUT2D eigenvalue weighted by molar-refractivity contribution is 5.79. The number of fused-ring (bicyclic) bond motifs is 1. The second-order valence-electron chi connectivity index (χ2n) is 5.19. The fourth-order valence-corrected chi connectivity index (χ4v) is 2.31. The molecule has 2 aromatic rings. The first-order valence-corrected chi connectivity index (χ1v) is 7.30. The summed E-state index contributed by atoms with van der Waals surface area (Å²) in [5, 5.41) is 11.7. The van der Waals surface area contributed by atoms with Gasteiger partial charge in [-0.25, -0.2) is 10.5 Å². The van der Waals surface area contributed by atoms with Crippen LogP contribution < -0.4 is 10.8 Å². The molecular formula is C15H22N4O2. The molecule has 2 rings (SSSR count). The lowest BCUT2D eigenvalue weighted by atomic mass is 10.1. The minimum absolute atomic E-state index is 0.0129. The summed E-state index contributed by atoms with van der Waals surface area (Å²) in [5.41, 5.74) is 4.57. The van der Waals surface area contributed by atoms with Gasteiger partial charge in [0.1, 0.15) is 11.5 Å². The number of unbranched alkanes of at least 4 members (excludes halogenated alkanes) is 2. The monoisotopic (exact) mass is 290 g/mol. The summed E-state index contributed by atoms with van der Waals surface area (Å²) >= 11 is 0. The van der Waals surface area contributed by atoms with Crippen LogP contribution in [0.4, 0.5) is 5.82 Å². The van der Waals surface area contributed by atoms with Crippen LogP contribution in [0.1, 0.15) is 37.4 Å². The van der Waals surface area contributed by atoms with Gasteiger partial charge in [0.25, 0.3) is 5.91 Å². The predicted molar refractivity (Wildman–Crippen MR) is 81.6 cm³/mol. The van der Waals surface area contributed by atoms with Crippen molar-refractivity contribution in [3.8, 4) is 0 Å². The number of carbonyl (C=O) groups excluding carboxylic acids is 1. The van der Waals surface area contributed by atoms with Gasteiger partial charge in [-0.1, -0.05) is 25.8 Å².